The Balaban J connectivity index is 1.57. The molecule has 1 saturated heterocycles. The number of benzene rings is 1. The van der Waals surface area contributed by atoms with Crippen molar-refractivity contribution in [2.75, 3.05) is 55.4 Å². The van der Waals surface area contributed by atoms with Crippen LogP contribution in [0.15, 0.2) is 30.3 Å². The fourth-order valence-electron chi connectivity index (χ4n) is 3.81. The molecule has 4 rings (SSSR count). The maximum atomic E-state index is 11.9. The van der Waals surface area contributed by atoms with Crippen LogP contribution in [0.2, 0.25) is 0 Å². The molecule has 11 heteroatoms. The summed E-state index contributed by atoms with van der Waals surface area (Å²) in [7, 11) is 0. The predicted molar refractivity (Wildman–Crippen MR) is 126 cm³/mol. The molecule has 0 bridgehead atoms. The van der Waals surface area contributed by atoms with Crippen LogP contribution in [0, 0.1) is 0 Å². The lowest BCUT2D eigenvalue weighted by molar-refractivity contribution is 0.122. The van der Waals surface area contributed by atoms with E-state index in [1.165, 1.54) is 0 Å². The number of aliphatic hydroxyl groups is 1. The minimum absolute atomic E-state index is 0.0238. The summed E-state index contributed by atoms with van der Waals surface area (Å²) in [5.41, 5.74) is 1.83. The standard InChI is InChI=1S/C22H29N5O5S/c28-11-1-8-23-21(29)24-17-4-2-16(3-5-17)20-25-18(22(6-7-22)15-33(30)31)14-19(26-20)27-9-12-32-13-10-27/h2-5,14,28H,1,6-13,15H2,(H,30,31)(H2,23,24,29). The molecule has 33 heavy (non-hydrogen) atoms. The number of aliphatic hydroxyl groups excluding tert-OH is 1. The number of anilines is 2. The van der Waals surface area contributed by atoms with Gasteiger partial charge in [-0.05, 0) is 43.5 Å². The summed E-state index contributed by atoms with van der Waals surface area (Å²) in [4.78, 5) is 23.6. The minimum atomic E-state index is -1.90. The molecular formula is C22H29N5O5S. The predicted octanol–water partition coefficient (Wildman–Crippen LogP) is 1.74. The summed E-state index contributed by atoms with van der Waals surface area (Å²) in [5, 5.41) is 14.2. The molecule has 2 fully saturated rings. The molecule has 1 aliphatic heterocycles. The topological polar surface area (TPSA) is 137 Å². The van der Waals surface area contributed by atoms with Crippen molar-refractivity contribution in [1.29, 1.82) is 0 Å². The van der Waals surface area contributed by atoms with Crippen LogP contribution in [0.25, 0.3) is 11.4 Å². The van der Waals surface area contributed by atoms with Crippen molar-refractivity contribution in [3.05, 3.63) is 36.0 Å². The van der Waals surface area contributed by atoms with E-state index in [1.54, 1.807) is 12.1 Å². The van der Waals surface area contributed by atoms with Gasteiger partial charge in [0.1, 0.15) is 5.82 Å². The van der Waals surface area contributed by atoms with E-state index in [0.29, 0.717) is 37.7 Å². The van der Waals surface area contributed by atoms with E-state index in [4.69, 9.17) is 19.8 Å². The number of carbonyl (C=O) groups is 1. The Morgan fingerprint density at radius 1 is 1.18 bits per heavy atom. The number of carbonyl (C=O) groups excluding carboxylic acids is 1. The quantitative estimate of drug-likeness (QED) is 0.318. The molecule has 1 aromatic heterocycles. The van der Waals surface area contributed by atoms with Crippen molar-refractivity contribution in [2.24, 2.45) is 0 Å². The Bertz CT molecular complexity index is 993. The largest absolute Gasteiger partial charge is 0.396 e. The van der Waals surface area contributed by atoms with Crippen molar-refractivity contribution < 1.29 is 23.4 Å². The summed E-state index contributed by atoms with van der Waals surface area (Å²) in [5.74, 6) is 1.50. The first-order valence-electron chi connectivity index (χ1n) is 11.0. The number of amides is 2. The molecule has 1 unspecified atom stereocenters. The number of rotatable bonds is 9. The fourth-order valence-corrected chi connectivity index (χ4v) is 4.72. The van der Waals surface area contributed by atoms with Crippen LogP contribution in [0.5, 0.6) is 0 Å². The first-order valence-corrected chi connectivity index (χ1v) is 12.3. The van der Waals surface area contributed by atoms with Crippen molar-refractivity contribution in [2.45, 2.75) is 24.7 Å². The number of ether oxygens (including phenoxy) is 1. The minimum Gasteiger partial charge on any atom is -0.396 e. The molecule has 2 aromatic rings. The Kier molecular flexibility index (Phi) is 7.53. The van der Waals surface area contributed by atoms with Crippen molar-refractivity contribution in [1.82, 2.24) is 15.3 Å². The van der Waals surface area contributed by atoms with Crippen molar-refractivity contribution in [3.63, 3.8) is 0 Å². The maximum Gasteiger partial charge on any atom is 0.319 e. The molecule has 2 aliphatic rings. The molecule has 4 N–H and O–H groups in total. The number of urea groups is 1. The van der Waals surface area contributed by atoms with E-state index in [-0.39, 0.29) is 23.8 Å². The Hall–Kier alpha value is -2.60. The molecule has 1 aromatic carbocycles. The van der Waals surface area contributed by atoms with Crippen LogP contribution in [0.4, 0.5) is 16.3 Å². The van der Waals surface area contributed by atoms with Gasteiger partial charge in [0, 0.05) is 49.0 Å². The van der Waals surface area contributed by atoms with Crippen LogP contribution in [0.1, 0.15) is 25.0 Å². The number of hydrogen-bond acceptors (Lipinski definition) is 7. The molecule has 10 nitrogen and oxygen atoms in total. The number of hydrogen-bond donors (Lipinski definition) is 4. The average molecular weight is 476 g/mol. The highest BCUT2D eigenvalue weighted by molar-refractivity contribution is 7.79. The van der Waals surface area contributed by atoms with E-state index in [0.717, 1.165) is 43.0 Å². The molecule has 0 radical (unpaired) electrons. The van der Waals surface area contributed by atoms with Crippen molar-refractivity contribution >= 4 is 28.6 Å². The third-order valence-corrected chi connectivity index (χ3v) is 6.67. The molecule has 2 heterocycles. The summed E-state index contributed by atoms with van der Waals surface area (Å²) in [6.07, 6.45) is 2.15. The SMILES string of the molecule is O=C(NCCCO)Nc1ccc(-c2nc(N3CCOCC3)cc(C3(CS(=O)O)CC3)n2)cc1. The zero-order valence-corrected chi connectivity index (χ0v) is 19.1. The highest BCUT2D eigenvalue weighted by Gasteiger charge is 2.47. The summed E-state index contributed by atoms with van der Waals surface area (Å²) in [6, 6.07) is 8.85. The van der Waals surface area contributed by atoms with Gasteiger partial charge >= 0.3 is 6.03 Å². The maximum absolute atomic E-state index is 11.9. The molecule has 1 aliphatic carbocycles. The van der Waals surface area contributed by atoms with Crippen LogP contribution < -0.4 is 15.5 Å². The first-order chi connectivity index (χ1) is 16.0. The summed E-state index contributed by atoms with van der Waals surface area (Å²) < 4.78 is 26.5. The molecule has 0 spiro atoms. The highest BCUT2D eigenvalue weighted by Crippen LogP contribution is 2.48. The lowest BCUT2D eigenvalue weighted by atomic mass is 10.0. The molecule has 178 valence electrons. The first kappa shape index (κ1) is 23.6. The zero-order valence-electron chi connectivity index (χ0n) is 18.3. The summed E-state index contributed by atoms with van der Waals surface area (Å²) >= 11 is -1.90. The van der Waals surface area contributed by atoms with Crippen LogP contribution >= 0.6 is 0 Å². The summed E-state index contributed by atoms with van der Waals surface area (Å²) in [6.45, 7) is 3.12. The van der Waals surface area contributed by atoms with E-state index in [2.05, 4.69) is 15.5 Å². The number of nitrogens with one attached hydrogen (secondary N) is 2. The normalized spacial score (nSPS) is 17.9. The van der Waals surface area contributed by atoms with Crippen LogP contribution in [0.3, 0.4) is 0 Å². The van der Waals surface area contributed by atoms with E-state index >= 15 is 0 Å². The second kappa shape index (κ2) is 10.6. The van der Waals surface area contributed by atoms with Gasteiger partial charge < -0.3 is 29.9 Å². The number of morpholine rings is 1. The third-order valence-electron chi connectivity index (χ3n) is 5.87. The lowest BCUT2D eigenvalue weighted by Crippen LogP contribution is -2.37. The van der Waals surface area contributed by atoms with Crippen LogP contribution in [-0.4, -0.2) is 75.1 Å². The smallest absolute Gasteiger partial charge is 0.319 e. The molecule has 2 amide bonds. The Labute approximate surface area is 195 Å². The van der Waals surface area contributed by atoms with Crippen LogP contribution in [-0.2, 0) is 21.2 Å². The van der Waals surface area contributed by atoms with Gasteiger partial charge in [-0.25, -0.2) is 19.0 Å². The van der Waals surface area contributed by atoms with E-state index in [9.17, 15) is 13.6 Å². The van der Waals surface area contributed by atoms with Gasteiger partial charge in [0.2, 0.25) is 0 Å². The second-order valence-corrected chi connectivity index (χ2v) is 9.25. The fraction of sp³-hybridized carbons (Fsp3) is 0.500. The average Bonchev–Trinajstić information content (AvgIpc) is 3.60. The second-order valence-electron chi connectivity index (χ2n) is 8.32. The molecule has 1 saturated carbocycles. The van der Waals surface area contributed by atoms with Crippen molar-refractivity contribution in [3.8, 4) is 11.4 Å². The zero-order chi connectivity index (χ0) is 23.3. The van der Waals surface area contributed by atoms with E-state index in [1.807, 2.05) is 18.2 Å². The molecule has 1 atom stereocenters. The van der Waals surface area contributed by atoms with Gasteiger partial charge in [-0.15, -0.1) is 0 Å². The highest BCUT2D eigenvalue weighted by atomic mass is 32.2. The van der Waals surface area contributed by atoms with Gasteiger partial charge in [0.15, 0.2) is 16.9 Å². The number of aromatic nitrogens is 2. The third kappa shape index (κ3) is 6.05. The van der Waals surface area contributed by atoms with Gasteiger partial charge in [-0.2, -0.15) is 0 Å². The monoisotopic (exact) mass is 475 g/mol. The van der Waals surface area contributed by atoms with Gasteiger partial charge in [0.25, 0.3) is 0 Å². The van der Waals surface area contributed by atoms with Gasteiger partial charge in [0.05, 0.1) is 24.7 Å². The van der Waals surface area contributed by atoms with Gasteiger partial charge in [-0.1, -0.05) is 0 Å². The lowest BCUT2D eigenvalue weighted by Gasteiger charge is -2.29. The van der Waals surface area contributed by atoms with Gasteiger partial charge in [-0.3, -0.25) is 0 Å². The Morgan fingerprint density at radius 3 is 2.55 bits per heavy atom. The molecular weight excluding hydrogens is 446 g/mol. The number of nitrogens with zero attached hydrogens (tertiary/aromatic N) is 3. The van der Waals surface area contributed by atoms with E-state index < -0.39 is 11.1 Å². The Morgan fingerprint density at radius 2 is 1.91 bits per heavy atom.